The zero-order valence-corrected chi connectivity index (χ0v) is 24.0. The minimum absolute atomic E-state index is 0.000485. The number of hydrogen-bond acceptors (Lipinski definition) is 8. The number of aliphatic hydroxyl groups excluding tert-OH is 1. The predicted octanol–water partition coefficient (Wildman–Crippen LogP) is 3.75. The molecule has 1 atom stereocenters. The minimum Gasteiger partial charge on any atom is -0.461 e. The third-order valence-electron chi connectivity index (χ3n) is 6.85. The van der Waals surface area contributed by atoms with Gasteiger partial charge in [-0.15, -0.1) is 0 Å². The number of carbonyl (C=O) groups is 4. The quantitative estimate of drug-likeness (QED) is 0.310. The first-order valence-electron chi connectivity index (χ1n) is 13.8. The van der Waals surface area contributed by atoms with Crippen molar-refractivity contribution in [2.75, 3.05) is 19.7 Å². The second-order valence-electron chi connectivity index (χ2n) is 11.2. The van der Waals surface area contributed by atoms with Crippen LogP contribution in [0.15, 0.2) is 60.7 Å². The number of rotatable bonds is 11. The van der Waals surface area contributed by atoms with E-state index in [1.165, 1.54) is 4.90 Å². The number of hydrogen-bond donors (Lipinski definition) is 2. The zero-order valence-electron chi connectivity index (χ0n) is 24.0. The van der Waals surface area contributed by atoms with E-state index < -0.39 is 47.6 Å². The topological polar surface area (TPSA) is 131 Å². The van der Waals surface area contributed by atoms with Gasteiger partial charge in [0.15, 0.2) is 0 Å². The molecule has 41 heavy (non-hydrogen) atoms. The van der Waals surface area contributed by atoms with Gasteiger partial charge in [0.2, 0.25) is 5.91 Å². The Kier molecular flexibility index (Phi) is 11.3. The monoisotopic (exact) mass is 568 g/mol. The van der Waals surface area contributed by atoms with Gasteiger partial charge in [0.05, 0.1) is 12.0 Å². The average molecular weight is 569 g/mol. The van der Waals surface area contributed by atoms with Gasteiger partial charge in [-0.25, -0.2) is 9.59 Å². The second-order valence-corrected chi connectivity index (χ2v) is 11.2. The lowest BCUT2D eigenvalue weighted by Gasteiger charge is -2.40. The van der Waals surface area contributed by atoms with Gasteiger partial charge in [-0.1, -0.05) is 60.7 Å². The molecule has 2 aromatic rings. The summed E-state index contributed by atoms with van der Waals surface area (Å²) in [4.78, 5) is 53.0. The molecule has 0 unspecified atom stereocenters. The number of nitrogens with one attached hydrogen (secondary N) is 1. The van der Waals surface area contributed by atoms with E-state index in [-0.39, 0.29) is 52.0 Å². The van der Waals surface area contributed by atoms with Gasteiger partial charge in [0.1, 0.15) is 24.9 Å². The van der Waals surface area contributed by atoms with Gasteiger partial charge in [-0.05, 0) is 51.2 Å². The van der Waals surface area contributed by atoms with Crippen LogP contribution in [0.1, 0.15) is 57.6 Å². The molecule has 1 aliphatic rings. The van der Waals surface area contributed by atoms with Crippen molar-refractivity contribution >= 4 is 23.9 Å². The van der Waals surface area contributed by atoms with E-state index in [1.807, 2.05) is 48.5 Å². The first kappa shape index (κ1) is 31.6. The predicted molar refractivity (Wildman–Crippen MR) is 150 cm³/mol. The van der Waals surface area contributed by atoms with Crippen molar-refractivity contribution in [2.24, 2.45) is 5.41 Å². The first-order valence-corrected chi connectivity index (χ1v) is 13.8. The van der Waals surface area contributed by atoms with Crippen LogP contribution in [0.3, 0.4) is 0 Å². The maximum absolute atomic E-state index is 13.5. The summed E-state index contributed by atoms with van der Waals surface area (Å²) in [6.45, 7) is 5.36. The Morgan fingerprint density at radius 1 is 0.902 bits per heavy atom. The molecule has 0 radical (unpaired) electrons. The van der Waals surface area contributed by atoms with Crippen LogP contribution in [-0.4, -0.2) is 65.3 Å². The van der Waals surface area contributed by atoms with Crippen LogP contribution in [-0.2, 0) is 41.8 Å². The summed E-state index contributed by atoms with van der Waals surface area (Å²) in [5.74, 6) is -1.76. The number of carbonyl (C=O) groups excluding carboxylic acids is 4. The molecule has 0 aromatic heterocycles. The van der Waals surface area contributed by atoms with E-state index >= 15 is 0 Å². The Bertz CT molecular complexity index is 1160. The van der Waals surface area contributed by atoms with E-state index in [1.54, 1.807) is 32.9 Å². The molecule has 222 valence electrons. The van der Waals surface area contributed by atoms with Crippen molar-refractivity contribution in [3.63, 3.8) is 0 Å². The van der Waals surface area contributed by atoms with Crippen LogP contribution in [0.4, 0.5) is 4.79 Å². The largest absolute Gasteiger partial charge is 0.461 e. The van der Waals surface area contributed by atoms with Crippen molar-refractivity contribution in [1.29, 1.82) is 0 Å². The van der Waals surface area contributed by atoms with Crippen LogP contribution < -0.4 is 5.32 Å². The highest BCUT2D eigenvalue weighted by Gasteiger charge is 2.44. The van der Waals surface area contributed by atoms with Gasteiger partial charge in [0.25, 0.3) is 0 Å². The normalized spacial score (nSPS) is 15.4. The summed E-state index contributed by atoms with van der Waals surface area (Å²) in [5, 5.41) is 12.9. The zero-order chi connectivity index (χ0) is 29.9. The number of piperidine rings is 1. The molecule has 3 rings (SSSR count). The van der Waals surface area contributed by atoms with Crippen molar-refractivity contribution in [2.45, 2.75) is 71.3 Å². The molecule has 1 fully saturated rings. The van der Waals surface area contributed by atoms with Crippen LogP contribution in [0.5, 0.6) is 0 Å². The number of esters is 2. The molecule has 2 N–H and O–H groups in total. The maximum Gasteiger partial charge on any atom is 0.410 e. The van der Waals surface area contributed by atoms with Crippen molar-refractivity contribution in [3.8, 4) is 0 Å². The molecule has 0 aliphatic carbocycles. The number of ether oxygens (including phenoxy) is 3. The number of amides is 2. The van der Waals surface area contributed by atoms with E-state index in [2.05, 4.69) is 5.32 Å². The van der Waals surface area contributed by atoms with Crippen molar-refractivity contribution < 1.29 is 38.5 Å². The summed E-state index contributed by atoms with van der Waals surface area (Å²) in [6.07, 6.45) is -0.297. The van der Waals surface area contributed by atoms with Gasteiger partial charge < -0.3 is 29.5 Å². The molecule has 0 spiro atoms. The fourth-order valence-corrected chi connectivity index (χ4v) is 4.36. The fraction of sp³-hybridized carbons (Fsp3) is 0.484. The fourth-order valence-electron chi connectivity index (χ4n) is 4.36. The lowest BCUT2D eigenvalue weighted by molar-refractivity contribution is -0.153. The SMILES string of the molecule is CC(C)(C)OC(=O)N1CCC(CO)(C(=O)N[C@@H](CCC(=O)OCc2ccccc2)C(=O)OCc2ccccc2)CC1. The number of nitrogens with zero attached hydrogens (tertiary/aromatic N) is 1. The Hall–Kier alpha value is -3.92. The van der Waals surface area contributed by atoms with Crippen LogP contribution in [0.2, 0.25) is 0 Å². The van der Waals surface area contributed by atoms with E-state index in [4.69, 9.17) is 14.2 Å². The molecule has 1 saturated heterocycles. The molecule has 2 aromatic carbocycles. The highest BCUT2D eigenvalue weighted by Crippen LogP contribution is 2.32. The van der Waals surface area contributed by atoms with E-state index in [0.717, 1.165) is 11.1 Å². The van der Waals surface area contributed by atoms with Gasteiger partial charge >= 0.3 is 18.0 Å². The Morgan fingerprint density at radius 3 is 1.95 bits per heavy atom. The lowest BCUT2D eigenvalue weighted by Crippen LogP contribution is -2.55. The molecule has 2 amide bonds. The standard InChI is InChI=1S/C31H40N2O8/c1-30(2,3)41-29(38)33-18-16-31(22-34,17-19-33)28(37)32-25(27(36)40-21-24-12-8-5-9-13-24)14-15-26(35)39-20-23-10-6-4-7-11-23/h4-13,25,34H,14-22H2,1-3H3,(H,32,37)/t25-/m0/s1. The minimum atomic E-state index is -1.20. The molecule has 1 aliphatic heterocycles. The Morgan fingerprint density at radius 2 is 1.44 bits per heavy atom. The number of aliphatic hydroxyl groups is 1. The Balaban J connectivity index is 1.63. The second kappa shape index (κ2) is 14.6. The third kappa shape index (κ3) is 9.89. The molecule has 10 heteroatoms. The number of benzene rings is 2. The molecule has 10 nitrogen and oxygen atoms in total. The highest BCUT2D eigenvalue weighted by molar-refractivity contribution is 5.88. The van der Waals surface area contributed by atoms with Crippen molar-refractivity contribution in [1.82, 2.24) is 10.2 Å². The average Bonchev–Trinajstić information content (AvgIpc) is 2.97. The summed E-state index contributed by atoms with van der Waals surface area (Å²) >= 11 is 0. The van der Waals surface area contributed by atoms with Crippen LogP contribution in [0, 0.1) is 5.41 Å². The van der Waals surface area contributed by atoms with Crippen LogP contribution >= 0.6 is 0 Å². The molecule has 0 saturated carbocycles. The molecule has 1 heterocycles. The summed E-state index contributed by atoms with van der Waals surface area (Å²) in [7, 11) is 0. The first-order chi connectivity index (χ1) is 19.5. The van der Waals surface area contributed by atoms with Crippen molar-refractivity contribution in [3.05, 3.63) is 71.8 Å². The molecule has 0 bridgehead atoms. The van der Waals surface area contributed by atoms with Gasteiger partial charge in [0, 0.05) is 19.5 Å². The van der Waals surface area contributed by atoms with Gasteiger partial charge in [-0.2, -0.15) is 0 Å². The third-order valence-corrected chi connectivity index (χ3v) is 6.85. The molecular weight excluding hydrogens is 528 g/mol. The van der Waals surface area contributed by atoms with E-state index in [0.29, 0.717) is 0 Å². The smallest absolute Gasteiger partial charge is 0.410 e. The Labute approximate surface area is 241 Å². The summed E-state index contributed by atoms with van der Waals surface area (Å²) in [5.41, 5.74) is -0.259. The maximum atomic E-state index is 13.5. The summed E-state index contributed by atoms with van der Waals surface area (Å²) < 4.78 is 16.2. The molecular formula is C31H40N2O8. The highest BCUT2D eigenvalue weighted by atomic mass is 16.6. The number of likely N-dealkylation sites (tertiary alicyclic amines) is 1. The summed E-state index contributed by atoms with van der Waals surface area (Å²) in [6, 6.07) is 17.2. The van der Waals surface area contributed by atoms with Crippen LogP contribution in [0.25, 0.3) is 0 Å². The van der Waals surface area contributed by atoms with Gasteiger partial charge in [-0.3, -0.25) is 9.59 Å². The van der Waals surface area contributed by atoms with E-state index in [9.17, 15) is 24.3 Å². The lowest BCUT2D eigenvalue weighted by atomic mass is 9.78.